The molecule has 0 aliphatic carbocycles. The summed E-state index contributed by atoms with van der Waals surface area (Å²) in [6.07, 6.45) is 0. The van der Waals surface area contributed by atoms with Crippen molar-refractivity contribution in [2.45, 2.75) is 20.8 Å². The Morgan fingerprint density at radius 2 is 1.48 bits per heavy atom. The number of ketones is 1. The molecule has 27 heavy (non-hydrogen) atoms. The summed E-state index contributed by atoms with van der Waals surface area (Å²) in [5, 5.41) is 3.82. The van der Waals surface area contributed by atoms with Crippen LogP contribution in [0, 0.1) is 5.41 Å². The van der Waals surface area contributed by atoms with Crippen LogP contribution in [0.25, 0.3) is 0 Å². The number of hydrogen-bond donors (Lipinski definition) is 0. The van der Waals surface area contributed by atoms with Crippen molar-refractivity contribution < 1.29 is 23.9 Å². The summed E-state index contributed by atoms with van der Waals surface area (Å²) in [6.45, 7) is 5.47. The molecule has 2 aromatic rings. The van der Waals surface area contributed by atoms with E-state index in [1.54, 1.807) is 48.5 Å². The number of rotatable bonds is 6. The van der Waals surface area contributed by atoms with Gasteiger partial charge in [0.2, 0.25) is 6.79 Å². The van der Waals surface area contributed by atoms with Gasteiger partial charge in [-0.2, -0.15) is 0 Å². The van der Waals surface area contributed by atoms with Gasteiger partial charge in [-0.25, -0.2) is 4.79 Å². The topological polar surface area (TPSA) is 74.2 Å². The monoisotopic (exact) mass is 369 g/mol. The molecular formula is C21H23NO5. The van der Waals surface area contributed by atoms with E-state index in [4.69, 9.17) is 14.3 Å². The van der Waals surface area contributed by atoms with Crippen molar-refractivity contribution in [2.24, 2.45) is 10.6 Å². The predicted molar refractivity (Wildman–Crippen MR) is 102 cm³/mol. The van der Waals surface area contributed by atoms with Gasteiger partial charge >= 0.3 is 5.97 Å². The van der Waals surface area contributed by atoms with E-state index in [-0.39, 0.29) is 18.5 Å². The summed E-state index contributed by atoms with van der Waals surface area (Å²) in [7, 11) is 1.46. The maximum absolute atomic E-state index is 12.5. The molecule has 6 nitrogen and oxygen atoms in total. The zero-order valence-corrected chi connectivity index (χ0v) is 15.9. The van der Waals surface area contributed by atoms with Gasteiger partial charge < -0.3 is 14.3 Å². The summed E-state index contributed by atoms with van der Waals surface area (Å²) in [4.78, 5) is 29.7. The van der Waals surface area contributed by atoms with Crippen LogP contribution in [0.4, 0.5) is 0 Å². The molecule has 0 aromatic heterocycles. The van der Waals surface area contributed by atoms with Crippen LogP contribution in [0.5, 0.6) is 0 Å². The largest absolute Gasteiger partial charge is 0.400 e. The Morgan fingerprint density at radius 1 is 0.889 bits per heavy atom. The maximum atomic E-state index is 12.5. The minimum absolute atomic E-state index is 0.00178. The van der Waals surface area contributed by atoms with Crippen LogP contribution in [0.15, 0.2) is 59.8 Å². The Bertz CT molecular complexity index is 805. The Kier molecular flexibility index (Phi) is 6.85. The quantitative estimate of drug-likeness (QED) is 0.146. The molecule has 2 aromatic carbocycles. The first-order valence-electron chi connectivity index (χ1n) is 8.44. The van der Waals surface area contributed by atoms with E-state index in [1.165, 1.54) is 7.11 Å². The van der Waals surface area contributed by atoms with E-state index in [2.05, 4.69) is 5.16 Å². The molecule has 0 N–H and O–H groups in total. The standard InChI is InChI=1S/C21H23NO5/c1-21(2,3)18(23)15-10-12-17(13-11-15)20(24)27-19(22-26-14-25-4)16-8-6-5-7-9-16/h5-13H,14H2,1-4H3. The SMILES string of the molecule is COCON=C(OC(=O)c1ccc(C(=O)C(C)(C)C)cc1)c1ccccc1. The fourth-order valence-electron chi connectivity index (χ4n) is 2.19. The number of hydrogen-bond acceptors (Lipinski definition) is 6. The number of ether oxygens (including phenoxy) is 2. The van der Waals surface area contributed by atoms with Gasteiger partial charge in [0, 0.05) is 23.7 Å². The second kappa shape index (κ2) is 9.09. The number of Topliss-reactive ketones (excluding diaryl/α,β-unsaturated/α-hetero) is 1. The van der Waals surface area contributed by atoms with Crippen LogP contribution in [-0.4, -0.2) is 31.6 Å². The molecule has 0 radical (unpaired) electrons. The van der Waals surface area contributed by atoms with Crippen molar-refractivity contribution in [3.8, 4) is 0 Å². The van der Waals surface area contributed by atoms with Gasteiger partial charge in [-0.05, 0) is 29.4 Å². The summed E-state index contributed by atoms with van der Waals surface area (Å²) < 4.78 is 10.2. The van der Waals surface area contributed by atoms with E-state index < -0.39 is 11.4 Å². The van der Waals surface area contributed by atoms with Crippen LogP contribution in [-0.2, 0) is 14.3 Å². The third kappa shape index (κ3) is 5.76. The van der Waals surface area contributed by atoms with Crippen molar-refractivity contribution in [1.29, 1.82) is 0 Å². The summed E-state index contributed by atoms with van der Waals surface area (Å²) >= 11 is 0. The van der Waals surface area contributed by atoms with Crippen LogP contribution in [0.3, 0.4) is 0 Å². The van der Waals surface area contributed by atoms with Gasteiger partial charge in [-0.3, -0.25) is 4.79 Å². The highest BCUT2D eigenvalue weighted by Crippen LogP contribution is 2.21. The van der Waals surface area contributed by atoms with Gasteiger partial charge in [0.25, 0.3) is 5.90 Å². The summed E-state index contributed by atoms with van der Waals surface area (Å²) in [6, 6.07) is 15.3. The first kappa shape index (κ1) is 20.3. The van der Waals surface area contributed by atoms with Crippen LogP contribution < -0.4 is 0 Å². The molecular weight excluding hydrogens is 346 g/mol. The number of carbonyl (C=O) groups excluding carboxylic acids is 2. The van der Waals surface area contributed by atoms with E-state index in [9.17, 15) is 9.59 Å². The molecule has 0 heterocycles. The molecule has 0 atom stereocenters. The van der Waals surface area contributed by atoms with Crippen molar-refractivity contribution in [2.75, 3.05) is 13.9 Å². The van der Waals surface area contributed by atoms with E-state index >= 15 is 0 Å². The van der Waals surface area contributed by atoms with Gasteiger partial charge in [0.15, 0.2) is 5.78 Å². The normalized spacial score (nSPS) is 11.8. The molecule has 0 bridgehead atoms. The first-order valence-corrected chi connectivity index (χ1v) is 8.44. The molecule has 0 spiro atoms. The Labute approximate surface area is 158 Å². The second-order valence-corrected chi connectivity index (χ2v) is 6.84. The van der Waals surface area contributed by atoms with Crippen LogP contribution in [0.1, 0.15) is 47.1 Å². The van der Waals surface area contributed by atoms with E-state index in [1.807, 2.05) is 26.8 Å². The van der Waals surface area contributed by atoms with Gasteiger partial charge in [0.05, 0.1) is 5.56 Å². The Balaban J connectivity index is 2.17. The average molecular weight is 369 g/mol. The highest BCUT2D eigenvalue weighted by Gasteiger charge is 2.23. The molecule has 0 fully saturated rings. The lowest BCUT2D eigenvalue weighted by Gasteiger charge is -2.16. The molecule has 0 aliphatic heterocycles. The van der Waals surface area contributed by atoms with Crippen LogP contribution in [0.2, 0.25) is 0 Å². The lowest BCUT2D eigenvalue weighted by molar-refractivity contribution is -0.0305. The molecule has 0 amide bonds. The van der Waals surface area contributed by atoms with Crippen LogP contribution >= 0.6 is 0 Å². The Morgan fingerprint density at radius 3 is 2.04 bits per heavy atom. The molecule has 0 saturated carbocycles. The highest BCUT2D eigenvalue weighted by atomic mass is 16.7. The van der Waals surface area contributed by atoms with E-state index in [0.717, 1.165) is 0 Å². The smallest absolute Gasteiger partial charge is 0.344 e. The van der Waals surface area contributed by atoms with Gasteiger partial charge in [-0.1, -0.05) is 51.1 Å². The third-order valence-electron chi connectivity index (χ3n) is 3.59. The van der Waals surface area contributed by atoms with Crippen molar-refractivity contribution in [3.63, 3.8) is 0 Å². The van der Waals surface area contributed by atoms with Crippen molar-refractivity contribution in [1.82, 2.24) is 0 Å². The number of oxime groups is 1. The predicted octanol–water partition coefficient (Wildman–Crippen LogP) is 4.05. The fraction of sp³-hybridized carbons (Fsp3) is 0.286. The first-order chi connectivity index (χ1) is 12.8. The maximum Gasteiger partial charge on any atom is 0.344 e. The second-order valence-electron chi connectivity index (χ2n) is 6.84. The molecule has 6 heteroatoms. The average Bonchev–Trinajstić information content (AvgIpc) is 2.66. The number of nitrogens with zero attached hydrogens (tertiary/aromatic N) is 1. The number of benzene rings is 2. The lowest BCUT2D eigenvalue weighted by Crippen LogP contribution is -2.20. The van der Waals surface area contributed by atoms with Gasteiger partial charge in [-0.15, -0.1) is 0 Å². The summed E-state index contributed by atoms with van der Waals surface area (Å²) in [5.41, 5.74) is 0.935. The van der Waals surface area contributed by atoms with Gasteiger partial charge in [0.1, 0.15) is 0 Å². The third-order valence-corrected chi connectivity index (χ3v) is 3.59. The highest BCUT2D eigenvalue weighted by molar-refractivity contribution is 6.05. The summed E-state index contributed by atoms with van der Waals surface area (Å²) in [5.74, 6) is -0.581. The molecule has 2 rings (SSSR count). The minimum Gasteiger partial charge on any atom is -0.400 e. The number of carbonyl (C=O) groups is 2. The molecule has 142 valence electrons. The molecule has 0 saturated heterocycles. The lowest BCUT2D eigenvalue weighted by atomic mass is 9.86. The zero-order chi connectivity index (χ0) is 19.9. The number of methoxy groups -OCH3 is 1. The Hall–Kier alpha value is -2.99. The molecule has 0 unspecified atom stereocenters. The van der Waals surface area contributed by atoms with Crippen molar-refractivity contribution in [3.05, 3.63) is 71.3 Å². The zero-order valence-electron chi connectivity index (χ0n) is 15.9. The fourth-order valence-corrected chi connectivity index (χ4v) is 2.19. The molecule has 0 aliphatic rings. The number of esters is 1. The minimum atomic E-state index is -0.603. The van der Waals surface area contributed by atoms with Crippen molar-refractivity contribution >= 4 is 17.7 Å². The van der Waals surface area contributed by atoms with E-state index in [0.29, 0.717) is 16.7 Å².